The van der Waals surface area contributed by atoms with Crippen molar-refractivity contribution in [1.29, 1.82) is 0 Å². The Morgan fingerprint density at radius 1 is 1.20 bits per heavy atom. The topological polar surface area (TPSA) is 99.1 Å². The van der Waals surface area contributed by atoms with Crippen LogP contribution in [0.2, 0.25) is 5.02 Å². The molecule has 0 bridgehead atoms. The number of rotatable bonds is 5. The van der Waals surface area contributed by atoms with Gasteiger partial charge >= 0.3 is 0 Å². The minimum absolute atomic E-state index is 0.156. The summed E-state index contributed by atoms with van der Waals surface area (Å²) in [6.07, 6.45) is 0. The summed E-state index contributed by atoms with van der Waals surface area (Å²) in [5.74, 6) is 0.0321. The van der Waals surface area contributed by atoms with Crippen molar-refractivity contribution in [3.63, 3.8) is 0 Å². The first-order valence-electron chi connectivity index (χ1n) is 7.00. The van der Waals surface area contributed by atoms with Crippen LogP contribution in [-0.2, 0) is 0 Å². The van der Waals surface area contributed by atoms with E-state index in [-0.39, 0.29) is 28.1 Å². The highest BCUT2D eigenvalue weighted by atomic mass is 35.5. The largest absolute Gasteiger partial charge is 0.411 e. The van der Waals surface area contributed by atoms with Crippen LogP contribution in [0.5, 0.6) is 0 Å². The van der Waals surface area contributed by atoms with Gasteiger partial charge in [-0.15, -0.1) is 10.2 Å². The number of hydrogen-bond donors (Lipinski definition) is 0. The Balaban J connectivity index is 1.89. The maximum absolute atomic E-state index is 11.4. The second kappa shape index (κ2) is 7.04. The maximum Gasteiger partial charge on any atom is 0.284 e. The van der Waals surface area contributed by atoms with Crippen molar-refractivity contribution in [1.82, 2.24) is 10.2 Å². The molecular weight excluding hydrogens is 366 g/mol. The van der Waals surface area contributed by atoms with Gasteiger partial charge in [0.2, 0.25) is 5.89 Å². The minimum Gasteiger partial charge on any atom is -0.411 e. The summed E-state index contributed by atoms with van der Waals surface area (Å²) in [6, 6.07) is 11.1. The standard InChI is InChI=1S/C16H10ClN3O4S/c1-9(21)11-4-7-14(13(8-11)20(22)23)25-16-19-18-15(24-16)10-2-5-12(17)6-3-10/h2-8H,1H3. The number of ketones is 1. The number of halogens is 1. The van der Waals surface area contributed by atoms with Crippen LogP contribution in [0.4, 0.5) is 5.69 Å². The number of Topliss-reactive ketones (excluding diaryl/α,β-unsaturated/α-hetero) is 1. The Labute approximate surface area is 151 Å². The number of hydrogen-bond acceptors (Lipinski definition) is 7. The summed E-state index contributed by atoms with van der Waals surface area (Å²) in [7, 11) is 0. The van der Waals surface area contributed by atoms with Crippen molar-refractivity contribution in [2.24, 2.45) is 0 Å². The highest BCUT2D eigenvalue weighted by molar-refractivity contribution is 7.99. The molecule has 126 valence electrons. The van der Waals surface area contributed by atoms with Gasteiger partial charge in [0.15, 0.2) is 5.78 Å². The van der Waals surface area contributed by atoms with E-state index in [1.807, 2.05) is 0 Å². The fourth-order valence-corrected chi connectivity index (χ4v) is 2.91. The van der Waals surface area contributed by atoms with Crippen molar-refractivity contribution < 1.29 is 14.1 Å². The lowest BCUT2D eigenvalue weighted by Crippen LogP contribution is -1.97. The lowest BCUT2D eigenvalue weighted by Gasteiger charge is -2.01. The van der Waals surface area contributed by atoms with Gasteiger partial charge in [0.05, 0.1) is 9.82 Å². The zero-order valence-electron chi connectivity index (χ0n) is 12.8. The van der Waals surface area contributed by atoms with E-state index in [1.54, 1.807) is 24.3 Å². The highest BCUT2D eigenvalue weighted by Crippen LogP contribution is 2.35. The lowest BCUT2D eigenvalue weighted by molar-refractivity contribution is -0.387. The van der Waals surface area contributed by atoms with Crippen LogP contribution < -0.4 is 0 Å². The summed E-state index contributed by atoms with van der Waals surface area (Å²) in [5.41, 5.74) is 0.762. The molecule has 0 N–H and O–H groups in total. The van der Waals surface area contributed by atoms with E-state index in [4.69, 9.17) is 16.0 Å². The van der Waals surface area contributed by atoms with Crippen LogP contribution in [0.25, 0.3) is 11.5 Å². The third-order valence-corrected chi connectivity index (χ3v) is 4.41. The van der Waals surface area contributed by atoms with E-state index < -0.39 is 4.92 Å². The lowest BCUT2D eigenvalue weighted by atomic mass is 10.1. The molecule has 7 nitrogen and oxygen atoms in total. The predicted octanol–water partition coefficient (Wildman–Crippen LogP) is 4.65. The SMILES string of the molecule is CC(=O)c1ccc(Sc2nnc(-c3ccc(Cl)cc3)o2)c([N+](=O)[O-])c1. The van der Waals surface area contributed by atoms with Gasteiger partial charge in [0, 0.05) is 22.2 Å². The molecule has 1 heterocycles. The average Bonchev–Trinajstić information content (AvgIpc) is 3.04. The fourth-order valence-electron chi connectivity index (χ4n) is 2.02. The van der Waals surface area contributed by atoms with Gasteiger partial charge < -0.3 is 4.42 Å². The third kappa shape index (κ3) is 3.86. The van der Waals surface area contributed by atoms with Crippen molar-refractivity contribution in [2.45, 2.75) is 17.0 Å². The summed E-state index contributed by atoms with van der Waals surface area (Å²) in [6.45, 7) is 1.35. The van der Waals surface area contributed by atoms with Gasteiger partial charge in [0.1, 0.15) is 0 Å². The van der Waals surface area contributed by atoms with E-state index in [9.17, 15) is 14.9 Å². The van der Waals surface area contributed by atoms with Crippen molar-refractivity contribution in [3.05, 3.63) is 63.2 Å². The van der Waals surface area contributed by atoms with Crippen LogP contribution >= 0.6 is 23.4 Å². The van der Waals surface area contributed by atoms with Crippen LogP contribution in [-0.4, -0.2) is 20.9 Å². The first-order chi connectivity index (χ1) is 11.9. The second-order valence-electron chi connectivity index (χ2n) is 4.98. The van der Waals surface area contributed by atoms with Crippen LogP contribution in [0.3, 0.4) is 0 Å². The van der Waals surface area contributed by atoms with E-state index >= 15 is 0 Å². The van der Waals surface area contributed by atoms with E-state index in [0.717, 1.165) is 11.8 Å². The third-order valence-electron chi connectivity index (χ3n) is 3.26. The molecule has 2 aromatic carbocycles. The number of benzene rings is 2. The molecule has 0 saturated heterocycles. The smallest absolute Gasteiger partial charge is 0.284 e. The molecule has 0 radical (unpaired) electrons. The highest BCUT2D eigenvalue weighted by Gasteiger charge is 2.20. The van der Waals surface area contributed by atoms with Gasteiger partial charge in [-0.25, -0.2) is 0 Å². The molecule has 0 aliphatic carbocycles. The Kier molecular flexibility index (Phi) is 4.82. The first-order valence-corrected chi connectivity index (χ1v) is 8.20. The molecule has 9 heteroatoms. The summed E-state index contributed by atoms with van der Waals surface area (Å²) in [5, 5.41) is 19.8. The zero-order valence-corrected chi connectivity index (χ0v) is 14.4. The monoisotopic (exact) mass is 375 g/mol. The number of nitro groups is 1. The Hall–Kier alpha value is -2.71. The summed E-state index contributed by atoms with van der Waals surface area (Å²) < 4.78 is 5.53. The van der Waals surface area contributed by atoms with Crippen LogP contribution in [0.15, 0.2) is 57.0 Å². The maximum atomic E-state index is 11.4. The molecule has 0 aliphatic heterocycles. The molecule has 0 aliphatic rings. The number of carbonyl (C=O) groups is 1. The molecule has 0 spiro atoms. The molecular formula is C16H10ClN3O4S. The molecule has 3 rings (SSSR count). The normalized spacial score (nSPS) is 10.6. The van der Waals surface area contributed by atoms with Crippen LogP contribution in [0.1, 0.15) is 17.3 Å². The minimum atomic E-state index is -0.550. The van der Waals surface area contributed by atoms with Gasteiger partial charge in [-0.05, 0) is 55.1 Å². The Morgan fingerprint density at radius 2 is 1.92 bits per heavy atom. The van der Waals surface area contributed by atoms with Crippen molar-refractivity contribution in [2.75, 3.05) is 0 Å². The summed E-state index contributed by atoms with van der Waals surface area (Å²) >= 11 is 6.80. The van der Waals surface area contributed by atoms with Gasteiger partial charge in [-0.3, -0.25) is 14.9 Å². The number of nitro benzene ring substituents is 1. The zero-order chi connectivity index (χ0) is 18.0. The molecule has 0 fully saturated rings. The molecule has 0 amide bonds. The molecule has 25 heavy (non-hydrogen) atoms. The van der Waals surface area contributed by atoms with Crippen molar-refractivity contribution >= 4 is 34.8 Å². The first kappa shape index (κ1) is 17.1. The van der Waals surface area contributed by atoms with Crippen molar-refractivity contribution in [3.8, 4) is 11.5 Å². The average molecular weight is 376 g/mol. The van der Waals surface area contributed by atoms with E-state index in [2.05, 4.69) is 10.2 Å². The molecule has 0 unspecified atom stereocenters. The predicted molar refractivity (Wildman–Crippen MR) is 92.0 cm³/mol. The van der Waals surface area contributed by atoms with Crippen LogP contribution in [0, 0.1) is 10.1 Å². The molecule has 3 aromatic rings. The second-order valence-corrected chi connectivity index (χ2v) is 6.41. The fraction of sp³-hybridized carbons (Fsp3) is 0.0625. The summed E-state index contributed by atoms with van der Waals surface area (Å²) in [4.78, 5) is 22.4. The van der Waals surface area contributed by atoms with Gasteiger partial charge in [-0.1, -0.05) is 11.6 Å². The van der Waals surface area contributed by atoms with E-state index in [1.165, 1.54) is 25.1 Å². The molecule has 1 aromatic heterocycles. The number of nitrogens with zero attached hydrogens (tertiary/aromatic N) is 3. The number of carbonyl (C=O) groups excluding carboxylic acids is 1. The van der Waals surface area contributed by atoms with E-state index in [0.29, 0.717) is 15.5 Å². The number of aromatic nitrogens is 2. The molecule has 0 saturated carbocycles. The quantitative estimate of drug-likeness (QED) is 0.363. The van der Waals surface area contributed by atoms with Gasteiger partial charge in [0.25, 0.3) is 10.9 Å². The Morgan fingerprint density at radius 3 is 2.56 bits per heavy atom. The molecule has 0 atom stereocenters. The Bertz CT molecular complexity index is 956. The van der Waals surface area contributed by atoms with Gasteiger partial charge in [-0.2, -0.15) is 0 Å².